The van der Waals surface area contributed by atoms with Crippen molar-refractivity contribution < 1.29 is 4.42 Å². The van der Waals surface area contributed by atoms with Crippen LogP contribution in [-0.2, 0) is 0 Å². The molecule has 6 heteroatoms. The Hall–Kier alpha value is -7.18. The summed E-state index contributed by atoms with van der Waals surface area (Å²) in [4.78, 5) is 23.3. The van der Waals surface area contributed by atoms with Crippen molar-refractivity contribution in [2.75, 3.05) is 0 Å². The number of fused-ring (bicyclic) bond motifs is 4. The maximum absolute atomic E-state index is 6.41. The fraction of sp³-hybridized carbons (Fsp3) is 0. The number of para-hydroxylation sites is 2. The Morgan fingerprint density at radius 2 is 0.942 bits per heavy atom. The molecule has 0 amide bonds. The molecule has 10 aromatic rings. The van der Waals surface area contributed by atoms with Gasteiger partial charge in [-0.2, -0.15) is 0 Å². The number of hydrogen-bond donors (Lipinski definition) is 1. The average molecular weight is 668 g/mol. The first-order valence-corrected chi connectivity index (χ1v) is 17.2. The number of furan rings is 1. The molecular formula is C46H29N5O. The molecule has 244 valence electrons. The number of rotatable bonds is 6. The first-order valence-electron chi connectivity index (χ1n) is 17.2. The lowest BCUT2D eigenvalue weighted by Gasteiger charge is -2.10. The van der Waals surface area contributed by atoms with Crippen LogP contribution < -0.4 is 0 Å². The fourth-order valence-corrected chi connectivity index (χ4v) is 6.89. The van der Waals surface area contributed by atoms with Gasteiger partial charge in [0.2, 0.25) is 0 Å². The lowest BCUT2D eigenvalue weighted by Crippen LogP contribution is -2.00. The third-order valence-corrected chi connectivity index (χ3v) is 9.53. The van der Waals surface area contributed by atoms with E-state index in [9.17, 15) is 0 Å². The van der Waals surface area contributed by atoms with E-state index in [-0.39, 0.29) is 0 Å². The Balaban J connectivity index is 1.08. The molecule has 0 aliphatic rings. The molecule has 3 aromatic heterocycles. The smallest absolute Gasteiger partial charge is 0.164 e. The van der Waals surface area contributed by atoms with Gasteiger partial charge in [0.05, 0.1) is 11.0 Å². The molecule has 0 spiro atoms. The summed E-state index contributed by atoms with van der Waals surface area (Å²) in [5, 5.41) is 1.97. The summed E-state index contributed by atoms with van der Waals surface area (Å²) in [6, 6.07) is 57.8. The minimum Gasteiger partial charge on any atom is -0.456 e. The second kappa shape index (κ2) is 12.3. The molecule has 6 nitrogen and oxygen atoms in total. The Labute approximate surface area is 299 Å². The molecule has 0 saturated carbocycles. The number of imidazole rings is 1. The van der Waals surface area contributed by atoms with E-state index in [0.29, 0.717) is 17.5 Å². The van der Waals surface area contributed by atoms with Crippen LogP contribution in [-0.4, -0.2) is 24.9 Å². The molecule has 0 fully saturated rings. The third-order valence-electron chi connectivity index (χ3n) is 9.53. The summed E-state index contributed by atoms with van der Waals surface area (Å²) in [6.07, 6.45) is 0. The molecule has 10 rings (SSSR count). The van der Waals surface area contributed by atoms with Gasteiger partial charge in [-0.05, 0) is 52.6 Å². The molecule has 0 atom stereocenters. The number of aromatic amines is 1. The minimum absolute atomic E-state index is 0.588. The quantitative estimate of drug-likeness (QED) is 0.191. The normalized spacial score (nSPS) is 11.5. The SMILES string of the molecule is c1ccc(-c2ccc(-c3nc(-c4ccccc4)nc(-c4cccc5oc6ccc(-c7ccc(-c8nc9ccccc9[nH]8)cc7)cc6c45)n3)cc2)cc1. The van der Waals surface area contributed by atoms with E-state index < -0.39 is 0 Å². The number of nitrogens with zero attached hydrogens (tertiary/aromatic N) is 4. The van der Waals surface area contributed by atoms with Crippen LogP contribution in [0.2, 0.25) is 0 Å². The van der Waals surface area contributed by atoms with Gasteiger partial charge in [-0.1, -0.05) is 140 Å². The number of aromatic nitrogens is 5. The predicted octanol–water partition coefficient (Wildman–Crippen LogP) is 11.6. The standard InChI is InChI=1S/C46H29N5O/c1-3-10-29(11-4-1)30-18-22-34(23-19-30)45-49-44(32-12-5-2-6-13-32)50-46(51-45)36-14-9-17-41-42(36)37-28-35(26-27-40(37)52-41)31-20-24-33(25-21-31)43-47-38-15-7-8-16-39(38)48-43/h1-28H,(H,47,48). The Kier molecular flexibility index (Phi) is 7.03. The highest BCUT2D eigenvalue weighted by atomic mass is 16.3. The van der Waals surface area contributed by atoms with Crippen molar-refractivity contribution in [2.45, 2.75) is 0 Å². The van der Waals surface area contributed by atoms with Gasteiger partial charge in [0.1, 0.15) is 17.0 Å². The monoisotopic (exact) mass is 667 g/mol. The number of benzene rings is 7. The van der Waals surface area contributed by atoms with E-state index in [0.717, 1.165) is 83.3 Å². The highest BCUT2D eigenvalue weighted by Gasteiger charge is 2.18. The zero-order valence-electron chi connectivity index (χ0n) is 27.9. The lowest BCUT2D eigenvalue weighted by atomic mass is 9.99. The second-order valence-electron chi connectivity index (χ2n) is 12.8. The van der Waals surface area contributed by atoms with Gasteiger partial charge in [-0.3, -0.25) is 0 Å². The van der Waals surface area contributed by atoms with Crippen LogP contribution in [0.15, 0.2) is 174 Å². The van der Waals surface area contributed by atoms with Crippen LogP contribution in [0.5, 0.6) is 0 Å². The van der Waals surface area contributed by atoms with E-state index in [1.807, 2.05) is 78.9 Å². The van der Waals surface area contributed by atoms with Gasteiger partial charge in [0, 0.05) is 33.0 Å². The summed E-state index contributed by atoms with van der Waals surface area (Å²) < 4.78 is 6.41. The van der Waals surface area contributed by atoms with Crippen molar-refractivity contribution in [1.29, 1.82) is 0 Å². The lowest BCUT2D eigenvalue weighted by molar-refractivity contribution is 0.669. The van der Waals surface area contributed by atoms with Gasteiger partial charge in [0.15, 0.2) is 17.5 Å². The largest absolute Gasteiger partial charge is 0.456 e. The predicted molar refractivity (Wildman–Crippen MR) is 209 cm³/mol. The number of hydrogen-bond acceptors (Lipinski definition) is 5. The van der Waals surface area contributed by atoms with Crippen LogP contribution in [0, 0.1) is 0 Å². The van der Waals surface area contributed by atoms with Gasteiger partial charge < -0.3 is 9.40 Å². The van der Waals surface area contributed by atoms with Crippen LogP contribution in [0.1, 0.15) is 0 Å². The highest BCUT2D eigenvalue weighted by molar-refractivity contribution is 6.12. The van der Waals surface area contributed by atoms with Gasteiger partial charge >= 0.3 is 0 Å². The van der Waals surface area contributed by atoms with Crippen LogP contribution in [0.4, 0.5) is 0 Å². The van der Waals surface area contributed by atoms with Crippen molar-refractivity contribution in [3.05, 3.63) is 170 Å². The molecule has 0 saturated heterocycles. The Morgan fingerprint density at radius 1 is 0.385 bits per heavy atom. The fourth-order valence-electron chi connectivity index (χ4n) is 6.89. The van der Waals surface area contributed by atoms with E-state index in [1.54, 1.807) is 0 Å². The first kappa shape index (κ1) is 29.7. The summed E-state index contributed by atoms with van der Waals surface area (Å²) >= 11 is 0. The molecule has 1 N–H and O–H groups in total. The average Bonchev–Trinajstić information content (AvgIpc) is 3.83. The second-order valence-corrected chi connectivity index (χ2v) is 12.8. The molecule has 0 aliphatic heterocycles. The zero-order valence-corrected chi connectivity index (χ0v) is 27.9. The van der Waals surface area contributed by atoms with Gasteiger partial charge in [-0.15, -0.1) is 0 Å². The minimum atomic E-state index is 0.588. The topological polar surface area (TPSA) is 80.5 Å². The van der Waals surface area contributed by atoms with E-state index >= 15 is 0 Å². The van der Waals surface area contributed by atoms with Crippen molar-refractivity contribution in [2.24, 2.45) is 0 Å². The third kappa shape index (κ3) is 5.30. The maximum Gasteiger partial charge on any atom is 0.164 e. The molecule has 7 aromatic carbocycles. The summed E-state index contributed by atoms with van der Waals surface area (Å²) in [5.74, 6) is 2.67. The zero-order chi connectivity index (χ0) is 34.4. The highest BCUT2D eigenvalue weighted by Crippen LogP contribution is 2.39. The molecule has 0 aliphatic carbocycles. The van der Waals surface area contributed by atoms with E-state index in [4.69, 9.17) is 24.4 Å². The van der Waals surface area contributed by atoms with E-state index in [2.05, 4.69) is 96.0 Å². The molecule has 0 bridgehead atoms. The first-order chi connectivity index (χ1) is 25.7. The Morgan fingerprint density at radius 3 is 1.67 bits per heavy atom. The van der Waals surface area contributed by atoms with Crippen molar-refractivity contribution in [3.8, 4) is 67.8 Å². The van der Waals surface area contributed by atoms with Gasteiger partial charge in [0.25, 0.3) is 0 Å². The summed E-state index contributed by atoms with van der Waals surface area (Å²) in [6.45, 7) is 0. The van der Waals surface area contributed by atoms with Crippen LogP contribution >= 0.6 is 0 Å². The van der Waals surface area contributed by atoms with Crippen LogP contribution in [0.3, 0.4) is 0 Å². The molecule has 52 heavy (non-hydrogen) atoms. The molecule has 0 unspecified atom stereocenters. The summed E-state index contributed by atoms with van der Waals surface area (Å²) in [7, 11) is 0. The van der Waals surface area contributed by atoms with Crippen molar-refractivity contribution >= 4 is 33.0 Å². The van der Waals surface area contributed by atoms with Crippen LogP contribution in [0.25, 0.3) is 101 Å². The van der Waals surface area contributed by atoms with Crippen molar-refractivity contribution in [1.82, 2.24) is 24.9 Å². The van der Waals surface area contributed by atoms with E-state index in [1.165, 1.54) is 0 Å². The maximum atomic E-state index is 6.41. The Bertz CT molecular complexity index is 2840. The summed E-state index contributed by atoms with van der Waals surface area (Å²) in [5.41, 5.74) is 11.8. The molecule has 3 heterocycles. The number of H-pyrrole nitrogens is 1. The van der Waals surface area contributed by atoms with Gasteiger partial charge in [-0.25, -0.2) is 19.9 Å². The van der Waals surface area contributed by atoms with Crippen molar-refractivity contribution in [3.63, 3.8) is 0 Å². The molecular weight excluding hydrogens is 639 g/mol. The number of nitrogens with one attached hydrogen (secondary N) is 1. The molecule has 0 radical (unpaired) electrons.